The molecule has 0 aliphatic rings. The predicted molar refractivity (Wildman–Crippen MR) is 77.5 cm³/mol. The van der Waals surface area contributed by atoms with Crippen molar-refractivity contribution >= 4 is 17.0 Å². The molecular formula is C15H19N3. The molecule has 0 atom stereocenters. The van der Waals surface area contributed by atoms with Crippen molar-refractivity contribution in [3.63, 3.8) is 0 Å². The summed E-state index contributed by atoms with van der Waals surface area (Å²) in [6, 6.07) is 12.4. The fourth-order valence-corrected chi connectivity index (χ4v) is 2.18. The topological polar surface area (TPSA) is 61.9 Å². The number of nitrogens with one attached hydrogen (secondary N) is 2. The van der Waals surface area contributed by atoms with E-state index in [9.17, 15) is 0 Å². The van der Waals surface area contributed by atoms with E-state index >= 15 is 0 Å². The molecule has 3 heteroatoms. The van der Waals surface area contributed by atoms with Crippen LogP contribution in [-0.2, 0) is 6.42 Å². The predicted octanol–water partition coefficient (Wildman–Crippen LogP) is 1.93. The molecule has 0 bridgehead atoms. The monoisotopic (exact) mass is 241 g/mol. The van der Waals surface area contributed by atoms with Crippen LogP contribution in [0.1, 0.15) is 11.1 Å². The molecule has 2 aromatic carbocycles. The lowest BCUT2D eigenvalue weighted by molar-refractivity contribution is 0.690. The summed E-state index contributed by atoms with van der Waals surface area (Å²) in [6.07, 6.45) is 2.40. The molecular weight excluding hydrogens is 222 g/mol. The van der Waals surface area contributed by atoms with Gasteiger partial charge in [0.15, 0.2) is 0 Å². The third kappa shape index (κ3) is 2.75. The zero-order valence-electron chi connectivity index (χ0n) is 10.4. The van der Waals surface area contributed by atoms with Crippen LogP contribution in [0.25, 0.3) is 10.8 Å². The van der Waals surface area contributed by atoms with Crippen LogP contribution in [0.4, 0.5) is 0 Å². The number of nitrogens with two attached hydrogens (primary N) is 1. The van der Waals surface area contributed by atoms with Gasteiger partial charge in [0.05, 0.1) is 0 Å². The van der Waals surface area contributed by atoms with Crippen molar-refractivity contribution in [2.24, 2.45) is 5.73 Å². The molecule has 0 radical (unpaired) electrons. The highest BCUT2D eigenvalue weighted by atomic mass is 14.9. The van der Waals surface area contributed by atoms with Crippen LogP contribution in [-0.4, -0.2) is 25.8 Å². The zero-order valence-corrected chi connectivity index (χ0v) is 10.4. The third-order valence-electron chi connectivity index (χ3n) is 3.10. The second-order valence-corrected chi connectivity index (χ2v) is 4.29. The Kier molecular flexibility index (Phi) is 4.45. The van der Waals surface area contributed by atoms with E-state index in [1.54, 1.807) is 0 Å². The molecule has 0 saturated heterocycles. The summed E-state index contributed by atoms with van der Waals surface area (Å²) < 4.78 is 0. The minimum absolute atomic E-state index is 0.674. The zero-order chi connectivity index (χ0) is 12.8. The molecule has 94 valence electrons. The van der Waals surface area contributed by atoms with E-state index in [1.165, 1.54) is 17.2 Å². The van der Waals surface area contributed by atoms with Crippen LogP contribution >= 0.6 is 0 Å². The summed E-state index contributed by atoms with van der Waals surface area (Å²) in [5.41, 5.74) is 7.75. The molecule has 0 spiro atoms. The number of hydrogen-bond donors (Lipinski definition) is 3. The van der Waals surface area contributed by atoms with E-state index < -0.39 is 0 Å². The Morgan fingerprint density at radius 2 is 1.83 bits per heavy atom. The second-order valence-electron chi connectivity index (χ2n) is 4.29. The molecule has 0 aliphatic carbocycles. The highest BCUT2D eigenvalue weighted by Gasteiger charge is 2.03. The molecule has 0 amide bonds. The van der Waals surface area contributed by atoms with E-state index in [2.05, 4.69) is 23.5 Å². The van der Waals surface area contributed by atoms with Crippen molar-refractivity contribution in [2.75, 3.05) is 19.6 Å². The van der Waals surface area contributed by atoms with Gasteiger partial charge in [0.2, 0.25) is 0 Å². The van der Waals surface area contributed by atoms with Gasteiger partial charge in [-0.3, -0.25) is 0 Å². The molecule has 18 heavy (non-hydrogen) atoms. The maximum absolute atomic E-state index is 7.44. The van der Waals surface area contributed by atoms with Crippen molar-refractivity contribution in [3.8, 4) is 0 Å². The highest BCUT2D eigenvalue weighted by molar-refractivity contribution is 6.00. The number of hydrogen-bond acceptors (Lipinski definition) is 3. The molecule has 0 heterocycles. The van der Waals surface area contributed by atoms with E-state index in [0.29, 0.717) is 6.54 Å². The van der Waals surface area contributed by atoms with Gasteiger partial charge in [0.25, 0.3) is 0 Å². The standard InChI is InChI=1S/C15H19N3/c16-8-10-18-9-7-12-5-6-13(11-17)15-4-2-1-3-14(12)15/h1-6,11,17-18H,7-10,16H2. The first kappa shape index (κ1) is 12.7. The first-order valence-corrected chi connectivity index (χ1v) is 6.28. The van der Waals surface area contributed by atoms with Gasteiger partial charge >= 0.3 is 0 Å². The second kappa shape index (κ2) is 6.28. The first-order valence-electron chi connectivity index (χ1n) is 6.28. The minimum atomic E-state index is 0.674. The van der Waals surface area contributed by atoms with Crippen molar-refractivity contribution < 1.29 is 0 Å². The van der Waals surface area contributed by atoms with Gasteiger partial charge in [-0.2, -0.15) is 0 Å². The summed E-state index contributed by atoms with van der Waals surface area (Å²) in [4.78, 5) is 0. The first-order chi connectivity index (χ1) is 8.86. The quantitative estimate of drug-likeness (QED) is 0.534. The third-order valence-corrected chi connectivity index (χ3v) is 3.10. The Bertz CT molecular complexity index is 534. The summed E-state index contributed by atoms with van der Waals surface area (Å²) >= 11 is 0. The molecule has 0 aliphatic heterocycles. The van der Waals surface area contributed by atoms with Crippen LogP contribution in [0.2, 0.25) is 0 Å². The number of fused-ring (bicyclic) bond motifs is 1. The number of rotatable bonds is 6. The van der Waals surface area contributed by atoms with Crippen LogP contribution in [0.3, 0.4) is 0 Å². The smallest absolute Gasteiger partial charge is 0.0256 e. The largest absolute Gasteiger partial charge is 0.329 e. The SMILES string of the molecule is N=Cc1ccc(CCNCCN)c2ccccc12. The van der Waals surface area contributed by atoms with Crippen LogP contribution in [0.5, 0.6) is 0 Å². The fourth-order valence-electron chi connectivity index (χ4n) is 2.18. The van der Waals surface area contributed by atoms with Gasteiger partial charge < -0.3 is 16.5 Å². The molecule has 0 aromatic heterocycles. The Morgan fingerprint density at radius 1 is 1.06 bits per heavy atom. The van der Waals surface area contributed by atoms with Crippen molar-refractivity contribution in [1.29, 1.82) is 5.41 Å². The van der Waals surface area contributed by atoms with Crippen LogP contribution in [0.15, 0.2) is 36.4 Å². The number of benzene rings is 2. The highest BCUT2D eigenvalue weighted by Crippen LogP contribution is 2.22. The summed E-state index contributed by atoms with van der Waals surface area (Å²) in [6.45, 7) is 2.47. The molecule has 0 saturated carbocycles. The van der Waals surface area contributed by atoms with Crippen LogP contribution in [0, 0.1) is 5.41 Å². The van der Waals surface area contributed by atoms with Crippen molar-refractivity contribution in [2.45, 2.75) is 6.42 Å². The van der Waals surface area contributed by atoms with Crippen molar-refractivity contribution in [1.82, 2.24) is 5.32 Å². The summed E-state index contributed by atoms with van der Waals surface area (Å²) in [7, 11) is 0. The molecule has 3 nitrogen and oxygen atoms in total. The average Bonchev–Trinajstić information content (AvgIpc) is 2.43. The summed E-state index contributed by atoms with van der Waals surface area (Å²) in [5, 5.41) is 13.1. The maximum Gasteiger partial charge on any atom is 0.0256 e. The van der Waals surface area contributed by atoms with E-state index in [-0.39, 0.29) is 0 Å². The summed E-state index contributed by atoms with van der Waals surface area (Å²) in [5.74, 6) is 0. The van der Waals surface area contributed by atoms with Gasteiger partial charge in [-0.05, 0) is 34.9 Å². The van der Waals surface area contributed by atoms with Crippen LogP contribution < -0.4 is 11.1 Å². The lowest BCUT2D eigenvalue weighted by atomic mass is 9.98. The van der Waals surface area contributed by atoms with Gasteiger partial charge in [0.1, 0.15) is 0 Å². The Labute approximate surface area is 108 Å². The maximum atomic E-state index is 7.44. The lowest BCUT2D eigenvalue weighted by Gasteiger charge is -2.09. The fraction of sp³-hybridized carbons (Fsp3) is 0.267. The van der Waals surface area contributed by atoms with Crippen molar-refractivity contribution in [3.05, 3.63) is 47.5 Å². The normalized spacial score (nSPS) is 10.7. The molecule has 2 rings (SSSR count). The molecule has 2 aromatic rings. The lowest BCUT2D eigenvalue weighted by Crippen LogP contribution is -2.24. The Balaban J connectivity index is 2.26. The molecule has 0 fully saturated rings. The van der Waals surface area contributed by atoms with E-state index in [4.69, 9.17) is 11.1 Å². The Morgan fingerprint density at radius 3 is 2.56 bits per heavy atom. The van der Waals surface area contributed by atoms with Gasteiger partial charge in [-0.25, -0.2) is 0 Å². The average molecular weight is 241 g/mol. The van der Waals surface area contributed by atoms with Gasteiger partial charge in [0, 0.05) is 19.3 Å². The van der Waals surface area contributed by atoms with E-state index in [1.807, 2.05) is 18.2 Å². The Hall–Kier alpha value is -1.71. The van der Waals surface area contributed by atoms with E-state index in [0.717, 1.165) is 30.5 Å². The van der Waals surface area contributed by atoms with Gasteiger partial charge in [-0.15, -0.1) is 0 Å². The minimum Gasteiger partial charge on any atom is -0.329 e. The molecule has 0 unspecified atom stereocenters. The van der Waals surface area contributed by atoms with Gasteiger partial charge in [-0.1, -0.05) is 36.4 Å². The molecule has 4 N–H and O–H groups in total.